The molecule has 24 heavy (non-hydrogen) atoms. The molecule has 3 aromatic rings. The third-order valence-corrected chi connectivity index (χ3v) is 3.59. The lowest BCUT2D eigenvalue weighted by molar-refractivity contribution is -0.142. The quantitative estimate of drug-likeness (QED) is 0.681. The number of aromatic nitrogens is 2. The van der Waals surface area contributed by atoms with Crippen LogP contribution in [0.25, 0.3) is 11.0 Å². The number of carbonyl (C=O) groups is 1. The Morgan fingerprint density at radius 1 is 1.33 bits per heavy atom. The third-order valence-electron chi connectivity index (χ3n) is 3.59. The summed E-state index contributed by atoms with van der Waals surface area (Å²) >= 11 is 0. The third kappa shape index (κ3) is 2.86. The van der Waals surface area contributed by atoms with Gasteiger partial charge in [0.15, 0.2) is 5.69 Å². The van der Waals surface area contributed by atoms with E-state index in [0.717, 1.165) is 21.8 Å². The van der Waals surface area contributed by atoms with Crippen LogP contribution >= 0.6 is 0 Å². The Hall–Kier alpha value is -2.77. The van der Waals surface area contributed by atoms with E-state index in [-0.39, 0.29) is 6.61 Å². The number of esters is 1. The van der Waals surface area contributed by atoms with Gasteiger partial charge in [-0.2, -0.15) is 18.3 Å². The molecule has 0 bridgehead atoms. The first-order valence-corrected chi connectivity index (χ1v) is 7.02. The first-order valence-electron chi connectivity index (χ1n) is 7.02. The summed E-state index contributed by atoms with van der Waals surface area (Å²) in [5, 5.41) is 4.14. The fraction of sp³-hybridized carbons (Fsp3) is 0.250. The van der Waals surface area contributed by atoms with Crippen molar-refractivity contribution in [1.29, 1.82) is 0 Å². The summed E-state index contributed by atoms with van der Waals surface area (Å²) in [5.41, 5.74) is -0.492. The summed E-state index contributed by atoms with van der Waals surface area (Å²) in [5.74, 6) is -0.711. The van der Waals surface area contributed by atoms with Crippen molar-refractivity contribution in [1.82, 2.24) is 9.78 Å². The van der Waals surface area contributed by atoms with Gasteiger partial charge in [0, 0.05) is 24.2 Å². The van der Waals surface area contributed by atoms with Crippen LogP contribution in [-0.2, 0) is 24.6 Å². The molecule has 0 N–H and O–H groups in total. The average molecular weight is 338 g/mol. The highest BCUT2D eigenvalue weighted by Crippen LogP contribution is 2.31. The van der Waals surface area contributed by atoms with Gasteiger partial charge in [-0.1, -0.05) is 18.2 Å². The maximum atomic E-state index is 12.9. The Labute approximate surface area is 134 Å². The highest BCUT2D eigenvalue weighted by atomic mass is 19.4. The molecule has 0 aliphatic carbocycles. The maximum Gasteiger partial charge on any atom is 0.436 e. The highest BCUT2D eigenvalue weighted by molar-refractivity contribution is 5.90. The predicted octanol–water partition coefficient (Wildman–Crippen LogP) is 3.85. The molecule has 0 aliphatic rings. The molecule has 2 heterocycles. The number of fused-ring (bicyclic) bond motifs is 1. The Morgan fingerprint density at radius 2 is 2.04 bits per heavy atom. The van der Waals surface area contributed by atoms with E-state index in [1.807, 2.05) is 12.1 Å². The summed E-state index contributed by atoms with van der Waals surface area (Å²) in [6.45, 7) is 1.53. The number of para-hydroxylation sites is 1. The number of aryl methyl sites for hydroxylation is 2. The van der Waals surface area contributed by atoms with Gasteiger partial charge in [0.1, 0.15) is 23.5 Å². The molecule has 0 saturated carbocycles. The number of furan rings is 1. The maximum absolute atomic E-state index is 12.9. The van der Waals surface area contributed by atoms with E-state index in [0.29, 0.717) is 11.3 Å². The molecule has 5 nitrogen and oxygen atoms in total. The lowest BCUT2D eigenvalue weighted by Crippen LogP contribution is -2.14. The number of alkyl halides is 3. The molecule has 1 aromatic carbocycles. The van der Waals surface area contributed by atoms with E-state index in [9.17, 15) is 18.0 Å². The summed E-state index contributed by atoms with van der Waals surface area (Å²) in [7, 11) is 1.30. The molecule has 8 heteroatoms. The van der Waals surface area contributed by atoms with Gasteiger partial charge in [-0.15, -0.1) is 0 Å². The summed E-state index contributed by atoms with van der Waals surface area (Å²) in [4.78, 5) is 12.0. The molecule has 126 valence electrons. The molecular weight excluding hydrogens is 325 g/mol. The van der Waals surface area contributed by atoms with E-state index in [1.54, 1.807) is 19.1 Å². The zero-order chi connectivity index (χ0) is 17.5. The van der Waals surface area contributed by atoms with E-state index < -0.39 is 23.4 Å². The van der Waals surface area contributed by atoms with Crippen LogP contribution in [0.15, 0.2) is 34.9 Å². The van der Waals surface area contributed by atoms with Gasteiger partial charge in [-0.05, 0) is 13.0 Å². The van der Waals surface area contributed by atoms with Gasteiger partial charge in [0.2, 0.25) is 0 Å². The molecule has 0 atom stereocenters. The molecule has 0 amide bonds. The lowest BCUT2D eigenvalue weighted by Gasteiger charge is -2.06. The molecule has 0 unspecified atom stereocenters. The number of carbonyl (C=O) groups excluding carboxylic acids is 1. The van der Waals surface area contributed by atoms with Gasteiger partial charge in [-0.25, -0.2) is 4.79 Å². The first-order chi connectivity index (χ1) is 11.3. The minimum atomic E-state index is -4.73. The lowest BCUT2D eigenvalue weighted by atomic mass is 10.1. The molecule has 0 saturated heterocycles. The van der Waals surface area contributed by atoms with E-state index in [1.165, 1.54) is 7.05 Å². The highest BCUT2D eigenvalue weighted by Gasteiger charge is 2.39. The van der Waals surface area contributed by atoms with Crippen LogP contribution in [0.4, 0.5) is 13.2 Å². The zero-order valence-electron chi connectivity index (χ0n) is 12.8. The molecule has 3 rings (SSSR count). The number of halogens is 3. The average Bonchev–Trinajstić information content (AvgIpc) is 3.06. The minimum absolute atomic E-state index is 0.258. The second-order valence-corrected chi connectivity index (χ2v) is 5.29. The number of nitrogens with zero attached hydrogens (tertiary/aromatic N) is 2. The van der Waals surface area contributed by atoms with Crippen LogP contribution in [0.5, 0.6) is 0 Å². The summed E-state index contributed by atoms with van der Waals surface area (Å²) in [6.07, 6.45) is -3.75. The fourth-order valence-corrected chi connectivity index (χ4v) is 2.42. The second kappa shape index (κ2) is 5.70. The summed E-state index contributed by atoms with van der Waals surface area (Å²) < 4.78 is 50.1. The van der Waals surface area contributed by atoms with Crippen molar-refractivity contribution in [3.63, 3.8) is 0 Å². The van der Waals surface area contributed by atoms with Crippen molar-refractivity contribution in [2.24, 2.45) is 7.05 Å². The normalized spacial score (nSPS) is 11.9. The van der Waals surface area contributed by atoms with Crippen LogP contribution in [0.3, 0.4) is 0 Å². The van der Waals surface area contributed by atoms with Gasteiger partial charge < -0.3 is 9.15 Å². The van der Waals surface area contributed by atoms with Crippen LogP contribution in [0, 0.1) is 6.92 Å². The van der Waals surface area contributed by atoms with Crippen LogP contribution in [-0.4, -0.2) is 15.7 Å². The van der Waals surface area contributed by atoms with Crippen molar-refractivity contribution in [2.45, 2.75) is 19.7 Å². The smallest absolute Gasteiger partial charge is 0.436 e. The monoisotopic (exact) mass is 338 g/mol. The Bertz CT molecular complexity index is 909. The van der Waals surface area contributed by atoms with Crippen molar-refractivity contribution >= 4 is 16.9 Å². The molecule has 0 spiro atoms. The number of ether oxygens (including phenoxy) is 1. The predicted molar refractivity (Wildman–Crippen MR) is 78.3 cm³/mol. The Balaban J connectivity index is 1.82. The number of benzene rings is 1. The largest absolute Gasteiger partial charge is 0.457 e. The first kappa shape index (κ1) is 16.1. The van der Waals surface area contributed by atoms with Crippen LogP contribution < -0.4 is 0 Å². The van der Waals surface area contributed by atoms with Crippen molar-refractivity contribution in [3.05, 3.63) is 53.0 Å². The van der Waals surface area contributed by atoms with Crippen molar-refractivity contribution in [2.75, 3.05) is 0 Å². The summed E-state index contributed by atoms with van der Waals surface area (Å²) in [6, 6.07) is 7.25. The standard InChI is InChI=1S/C16H13F3N2O3/c1-9-10-5-3-4-6-12(10)24-13(9)8-23-15(22)11-7-21(2)20-14(11)16(17,18)19/h3-7H,8H2,1-2H3. The van der Waals surface area contributed by atoms with Crippen LogP contribution in [0.2, 0.25) is 0 Å². The number of rotatable bonds is 3. The van der Waals surface area contributed by atoms with E-state index in [4.69, 9.17) is 9.15 Å². The van der Waals surface area contributed by atoms with Gasteiger partial charge in [0.25, 0.3) is 0 Å². The minimum Gasteiger partial charge on any atom is -0.457 e. The SMILES string of the molecule is Cc1c(COC(=O)c2cn(C)nc2C(F)(F)F)oc2ccccc12. The molecule has 0 aliphatic heterocycles. The number of hydrogen-bond acceptors (Lipinski definition) is 4. The van der Waals surface area contributed by atoms with Crippen LogP contribution in [0.1, 0.15) is 27.4 Å². The van der Waals surface area contributed by atoms with Crippen molar-refractivity contribution in [3.8, 4) is 0 Å². The second-order valence-electron chi connectivity index (χ2n) is 5.29. The molecular formula is C16H13F3N2O3. The zero-order valence-corrected chi connectivity index (χ0v) is 12.8. The number of hydrogen-bond donors (Lipinski definition) is 0. The Morgan fingerprint density at radius 3 is 2.71 bits per heavy atom. The molecule has 0 fully saturated rings. The van der Waals surface area contributed by atoms with Gasteiger partial charge in [0.05, 0.1) is 0 Å². The van der Waals surface area contributed by atoms with Gasteiger partial charge in [-0.3, -0.25) is 4.68 Å². The fourth-order valence-electron chi connectivity index (χ4n) is 2.42. The van der Waals surface area contributed by atoms with Gasteiger partial charge >= 0.3 is 12.1 Å². The van der Waals surface area contributed by atoms with Crippen molar-refractivity contribution < 1.29 is 27.1 Å². The van der Waals surface area contributed by atoms with E-state index in [2.05, 4.69) is 5.10 Å². The van der Waals surface area contributed by atoms with E-state index >= 15 is 0 Å². The molecule has 0 radical (unpaired) electrons. The Kier molecular flexibility index (Phi) is 3.82. The molecule has 2 aromatic heterocycles. The topological polar surface area (TPSA) is 57.3 Å².